The van der Waals surface area contributed by atoms with E-state index in [2.05, 4.69) is 52.7 Å². The zero-order valence-electron chi connectivity index (χ0n) is 16.6. The SMILES string of the molecule is CC(C)(C)c1nc2c(c(=O)[nH]1)CN(Cc1ccc(N3CCCC3)nc1)CC2. The molecule has 4 heterocycles. The summed E-state index contributed by atoms with van der Waals surface area (Å²) >= 11 is 0. The summed E-state index contributed by atoms with van der Waals surface area (Å²) in [5.41, 5.74) is 2.83. The third kappa shape index (κ3) is 3.90. The maximum absolute atomic E-state index is 12.6. The molecule has 1 fully saturated rings. The van der Waals surface area contributed by atoms with Gasteiger partial charge >= 0.3 is 0 Å². The van der Waals surface area contributed by atoms with E-state index in [0.717, 1.165) is 55.5 Å². The van der Waals surface area contributed by atoms with E-state index in [0.29, 0.717) is 6.54 Å². The normalized spacial score (nSPS) is 18.0. The summed E-state index contributed by atoms with van der Waals surface area (Å²) in [5, 5.41) is 0. The zero-order chi connectivity index (χ0) is 19.0. The smallest absolute Gasteiger partial charge is 0.255 e. The van der Waals surface area contributed by atoms with Crippen molar-refractivity contribution < 1.29 is 0 Å². The molecule has 2 aromatic heterocycles. The van der Waals surface area contributed by atoms with E-state index in [1.807, 2.05) is 6.20 Å². The second-order valence-corrected chi connectivity index (χ2v) is 8.77. The van der Waals surface area contributed by atoms with Gasteiger partial charge in [0.15, 0.2) is 0 Å². The van der Waals surface area contributed by atoms with E-state index < -0.39 is 0 Å². The number of aromatic nitrogens is 3. The van der Waals surface area contributed by atoms with Crippen molar-refractivity contribution in [2.45, 2.75) is 58.5 Å². The summed E-state index contributed by atoms with van der Waals surface area (Å²) in [6, 6.07) is 4.30. The predicted molar refractivity (Wildman–Crippen MR) is 107 cm³/mol. The largest absolute Gasteiger partial charge is 0.357 e. The van der Waals surface area contributed by atoms with Crippen LogP contribution in [0.4, 0.5) is 5.82 Å². The summed E-state index contributed by atoms with van der Waals surface area (Å²) in [5.74, 6) is 1.86. The summed E-state index contributed by atoms with van der Waals surface area (Å²) in [7, 11) is 0. The number of anilines is 1. The summed E-state index contributed by atoms with van der Waals surface area (Å²) in [4.78, 5) is 29.6. The minimum atomic E-state index is -0.145. The number of hydrogen-bond acceptors (Lipinski definition) is 5. The number of pyridine rings is 1. The van der Waals surface area contributed by atoms with Crippen LogP contribution in [-0.4, -0.2) is 39.5 Å². The van der Waals surface area contributed by atoms with Crippen molar-refractivity contribution in [2.24, 2.45) is 0 Å². The van der Waals surface area contributed by atoms with Crippen LogP contribution in [0, 0.1) is 0 Å². The Kier molecular flexibility index (Phi) is 4.76. The number of hydrogen-bond donors (Lipinski definition) is 1. The Morgan fingerprint density at radius 3 is 2.59 bits per heavy atom. The van der Waals surface area contributed by atoms with Crippen LogP contribution in [0.5, 0.6) is 0 Å². The molecule has 0 radical (unpaired) electrons. The van der Waals surface area contributed by atoms with E-state index in [1.54, 1.807) is 0 Å². The fourth-order valence-corrected chi connectivity index (χ4v) is 3.87. The minimum absolute atomic E-state index is 0.0112. The Bertz CT molecular complexity index is 860. The Balaban J connectivity index is 1.46. The highest BCUT2D eigenvalue weighted by Gasteiger charge is 2.25. The molecule has 2 aromatic rings. The fourth-order valence-electron chi connectivity index (χ4n) is 3.87. The lowest BCUT2D eigenvalue weighted by molar-refractivity contribution is 0.240. The molecule has 2 aliphatic rings. The standard InChI is InChI=1S/C21H29N5O/c1-21(2,3)20-23-17-8-11-25(14-16(17)19(27)24-20)13-15-6-7-18(22-12-15)26-9-4-5-10-26/h6-7,12H,4-5,8-11,13-14H2,1-3H3,(H,23,24,27). The van der Waals surface area contributed by atoms with Crippen LogP contribution >= 0.6 is 0 Å². The van der Waals surface area contributed by atoms with Gasteiger partial charge < -0.3 is 9.88 Å². The van der Waals surface area contributed by atoms with Crippen molar-refractivity contribution in [1.82, 2.24) is 19.9 Å². The van der Waals surface area contributed by atoms with Gasteiger partial charge in [0.1, 0.15) is 11.6 Å². The molecule has 6 heteroatoms. The molecule has 0 aliphatic carbocycles. The first kappa shape index (κ1) is 18.2. The maximum atomic E-state index is 12.6. The highest BCUT2D eigenvalue weighted by Crippen LogP contribution is 2.22. The number of rotatable bonds is 3. The van der Waals surface area contributed by atoms with Crippen molar-refractivity contribution in [3.63, 3.8) is 0 Å². The van der Waals surface area contributed by atoms with Crippen molar-refractivity contribution >= 4 is 5.82 Å². The monoisotopic (exact) mass is 367 g/mol. The molecule has 0 amide bonds. The van der Waals surface area contributed by atoms with Gasteiger partial charge in [-0.15, -0.1) is 0 Å². The molecule has 6 nitrogen and oxygen atoms in total. The lowest BCUT2D eigenvalue weighted by Crippen LogP contribution is -2.37. The molecule has 0 spiro atoms. The second-order valence-electron chi connectivity index (χ2n) is 8.77. The first-order valence-electron chi connectivity index (χ1n) is 9.95. The average molecular weight is 367 g/mol. The van der Waals surface area contributed by atoms with Gasteiger partial charge in [0.2, 0.25) is 0 Å². The highest BCUT2D eigenvalue weighted by molar-refractivity contribution is 5.40. The summed E-state index contributed by atoms with van der Waals surface area (Å²) in [6.07, 6.45) is 5.32. The van der Waals surface area contributed by atoms with Crippen molar-refractivity contribution in [2.75, 3.05) is 24.5 Å². The van der Waals surface area contributed by atoms with Gasteiger partial charge in [-0.05, 0) is 24.5 Å². The van der Waals surface area contributed by atoms with E-state index in [4.69, 9.17) is 4.98 Å². The summed E-state index contributed by atoms with van der Waals surface area (Å²) < 4.78 is 0. The number of nitrogens with zero attached hydrogens (tertiary/aromatic N) is 4. The quantitative estimate of drug-likeness (QED) is 0.903. The Morgan fingerprint density at radius 2 is 1.93 bits per heavy atom. The third-order valence-electron chi connectivity index (χ3n) is 5.50. The lowest BCUT2D eigenvalue weighted by atomic mass is 9.95. The van der Waals surface area contributed by atoms with Crippen LogP contribution in [0.3, 0.4) is 0 Å². The number of H-pyrrole nitrogens is 1. The van der Waals surface area contributed by atoms with Crippen molar-refractivity contribution in [1.29, 1.82) is 0 Å². The molecule has 4 rings (SSSR count). The number of aromatic amines is 1. The van der Waals surface area contributed by atoms with Gasteiger partial charge in [-0.25, -0.2) is 9.97 Å². The van der Waals surface area contributed by atoms with Crippen LogP contribution in [0.25, 0.3) is 0 Å². The van der Waals surface area contributed by atoms with E-state index in [-0.39, 0.29) is 11.0 Å². The van der Waals surface area contributed by atoms with Gasteiger partial charge in [-0.3, -0.25) is 9.69 Å². The molecular weight excluding hydrogens is 338 g/mol. The first-order valence-corrected chi connectivity index (χ1v) is 9.95. The lowest BCUT2D eigenvalue weighted by Gasteiger charge is -2.29. The van der Waals surface area contributed by atoms with Crippen LogP contribution < -0.4 is 10.5 Å². The second kappa shape index (κ2) is 7.08. The molecule has 144 valence electrons. The van der Waals surface area contributed by atoms with E-state index >= 15 is 0 Å². The number of nitrogens with one attached hydrogen (secondary N) is 1. The topological polar surface area (TPSA) is 65.1 Å². The molecule has 27 heavy (non-hydrogen) atoms. The van der Waals surface area contributed by atoms with Gasteiger partial charge in [-0.1, -0.05) is 26.8 Å². The molecule has 0 saturated carbocycles. The fraction of sp³-hybridized carbons (Fsp3) is 0.571. The van der Waals surface area contributed by atoms with E-state index in [1.165, 1.54) is 18.4 Å². The van der Waals surface area contributed by atoms with Crippen LogP contribution in [0.1, 0.15) is 56.3 Å². The molecule has 1 saturated heterocycles. The zero-order valence-corrected chi connectivity index (χ0v) is 16.6. The van der Waals surface area contributed by atoms with Gasteiger partial charge in [-0.2, -0.15) is 0 Å². The molecule has 1 N–H and O–H groups in total. The van der Waals surface area contributed by atoms with Gasteiger partial charge in [0.25, 0.3) is 5.56 Å². The maximum Gasteiger partial charge on any atom is 0.255 e. The average Bonchev–Trinajstić information content (AvgIpc) is 3.16. The van der Waals surface area contributed by atoms with Gasteiger partial charge in [0.05, 0.1) is 11.3 Å². The van der Waals surface area contributed by atoms with Crippen LogP contribution in [0.2, 0.25) is 0 Å². The summed E-state index contributed by atoms with van der Waals surface area (Å²) in [6.45, 7) is 10.8. The van der Waals surface area contributed by atoms with Gasteiger partial charge in [0, 0.05) is 50.8 Å². The molecule has 0 aromatic carbocycles. The first-order chi connectivity index (χ1) is 12.9. The highest BCUT2D eigenvalue weighted by atomic mass is 16.1. The Morgan fingerprint density at radius 1 is 1.15 bits per heavy atom. The van der Waals surface area contributed by atoms with Crippen LogP contribution in [-0.2, 0) is 24.9 Å². The Labute approximate surface area is 160 Å². The molecule has 2 aliphatic heterocycles. The van der Waals surface area contributed by atoms with Crippen LogP contribution in [0.15, 0.2) is 23.1 Å². The third-order valence-corrected chi connectivity index (χ3v) is 5.50. The predicted octanol–water partition coefficient (Wildman–Crippen LogP) is 2.62. The number of fused-ring (bicyclic) bond motifs is 1. The molecule has 0 atom stereocenters. The minimum Gasteiger partial charge on any atom is -0.357 e. The van der Waals surface area contributed by atoms with Crippen molar-refractivity contribution in [3.8, 4) is 0 Å². The molecule has 0 unspecified atom stereocenters. The molecule has 0 bridgehead atoms. The molecular formula is C21H29N5O. The Hall–Kier alpha value is -2.21. The van der Waals surface area contributed by atoms with E-state index in [9.17, 15) is 4.79 Å². The van der Waals surface area contributed by atoms with Crippen molar-refractivity contribution in [3.05, 3.63) is 51.3 Å².